The van der Waals surface area contributed by atoms with Gasteiger partial charge in [0.15, 0.2) is 0 Å². The SMILES string of the molecule is COc1ccc(Cl)cc1-c1noc(Cn2nccc2C)n1. The molecule has 1 aromatic carbocycles. The molecule has 0 atom stereocenters. The third kappa shape index (κ3) is 2.75. The quantitative estimate of drug-likeness (QED) is 0.741. The van der Waals surface area contributed by atoms with Gasteiger partial charge in [-0.1, -0.05) is 16.8 Å². The summed E-state index contributed by atoms with van der Waals surface area (Å²) in [4.78, 5) is 4.37. The van der Waals surface area contributed by atoms with E-state index >= 15 is 0 Å². The van der Waals surface area contributed by atoms with Crippen molar-refractivity contribution < 1.29 is 9.26 Å². The molecule has 0 saturated carbocycles. The molecule has 0 amide bonds. The largest absolute Gasteiger partial charge is 0.496 e. The lowest BCUT2D eigenvalue weighted by atomic mass is 10.2. The molecule has 2 heterocycles. The van der Waals surface area contributed by atoms with E-state index in [1.165, 1.54) is 0 Å². The number of methoxy groups -OCH3 is 1. The molecule has 3 aromatic rings. The molecule has 0 unspecified atom stereocenters. The predicted molar refractivity (Wildman–Crippen MR) is 77.4 cm³/mol. The van der Waals surface area contributed by atoms with E-state index in [2.05, 4.69) is 15.2 Å². The van der Waals surface area contributed by atoms with Crippen LogP contribution in [0.25, 0.3) is 11.4 Å². The molecule has 0 saturated heterocycles. The van der Waals surface area contributed by atoms with Gasteiger partial charge in [-0.25, -0.2) is 0 Å². The maximum Gasteiger partial charge on any atom is 0.248 e. The molecule has 6 nitrogen and oxygen atoms in total. The summed E-state index contributed by atoms with van der Waals surface area (Å²) in [7, 11) is 1.58. The van der Waals surface area contributed by atoms with E-state index in [4.69, 9.17) is 20.9 Å². The molecular weight excluding hydrogens is 292 g/mol. The fourth-order valence-electron chi connectivity index (χ4n) is 1.98. The van der Waals surface area contributed by atoms with Crippen molar-refractivity contribution in [3.05, 3.63) is 47.1 Å². The number of nitrogens with zero attached hydrogens (tertiary/aromatic N) is 4. The minimum atomic E-state index is 0.425. The van der Waals surface area contributed by atoms with E-state index in [-0.39, 0.29) is 0 Å². The van der Waals surface area contributed by atoms with Crippen molar-refractivity contribution in [1.29, 1.82) is 0 Å². The molecule has 2 aromatic heterocycles. The van der Waals surface area contributed by atoms with Crippen molar-refractivity contribution in [2.45, 2.75) is 13.5 Å². The number of hydrogen-bond acceptors (Lipinski definition) is 5. The molecule has 0 aliphatic carbocycles. The van der Waals surface area contributed by atoms with Gasteiger partial charge < -0.3 is 9.26 Å². The molecule has 0 bridgehead atoms. The molecule has 0 radical (unpaired) electrons. The van der Waals surface area contributed by atoms with Crippen LogP contribution in [0, 0.1) is 6.92 Å². The van der Waals surface area contributed by atoms with Gasteiger partial charge in [-0.15, -0.1) is 0 Å². The number of aryl methyl sites for hydroxylation is 1. The molecule has 0 aliphatic rings. The van der Waals surface area contributed by atoms with Crippen molar-refractivity contribution in [3.63, 3.8) is 0 Å². The normalized spacial score (nSPS) is 10.8. The van der Waals surface area contributed by atoms with Gasteiger partial charge in [-0.3, -0.25) is 4.68 Å². The van der Waals surface area contributed by atoms with Gasteiger partial charge in [0.1, 0.15) is 12.3 Å². The summed E-state index contributed by atoms with van der Waals surface area (Å²) in [5.74, 6) is 1.55. The van der Waals surface area contributed by atoms with Crippen LogP contribution in [0.2, 0.25) is 5.02 Å². The maximum atomic E-state index is 6.01. The topological polar surface area (TPSA) is 66.0 Å². The average Bonchev–Trinajstić information content (AvgIpc) is 3.09. The highest BCUT2D eigenvalue weighted by atomic mass is 35.5. The van der Waals surface area contributed by atoms with Crippen molar-refractivity contribution in [1.82, 2.24) is 19.9 Å². The second kappa shape index (κ2) is 5.57. The van der Waals surface area contributed by atoms with Crippen LogP contribution < -0.4 is 4.74 Å². The number of halogens is 1. The van der Waals surface area contributed by atoms with E-state index < -0.39 is 0 Å². The third-order valence-corrected chi connectivity index (χ3v) is 3.32. The zero-order valence-electron chi connectivity index (χ0n) is 11.6. The van der Waals surface area contributed by atoms with Crippen LogP contribution in [0.3, 0.4) is 0 Å². The Morgan fingerprint density at radius 1 is 1.33 bits per heavy atom. The van der Waals surface area contributed by atoms with Crippen molar-refractivity contribution in [2.75, 3.05) is 7.11 Å². The zero-order valence-corrected chi connectivity index (χ0v) is 12.3. The van der Waals surface area contributed by atoms with Gasteiger partial charge in [-0.2, -0.15) is 10.1 Å². The first-order valence-corrected chi connectivity index (χ1v) is 6.70. The lowest BCUT2D eigenvalue weighted by molar-refractivity contribution is 0.364. The molecule has 0 aliphatic heterocycles. The monoisotopic (exact) mass is 304 g/mol. The molecule has 21 heavy (non-hydrogen) atoms. The summed E-state index contributed by atoms with van der Waals surface area (Å²) in [5, 5.41) is 8.75. The van der Waals surface area contributed by atoms with Crippen LogP contribution in [0.1, 0.15) is 11.6 Å². The molecule has 0 fully saturated rings. The number of benzene rings is 1. The summed E-state index contributed by atoms with van der Waals surface area (Å²) < 4.78 is 12.3. The van der Waals surface area contributed by atoms with E-state index in [1.54, 1.807) is 36.2 Å². The molecule has 3 rings (SSSR count). The number of rotatable bonds is 4. The van der Waals surface area contributed by atoms with Gasteiger partial charge in [0.25, 0.3) is 0 Å². The van der Waals surface area contributed by atoms with E-state index in [0.29, 0.717) is 34.6 Å². The predicted octanol–water partition coefficient (Wildman–Crippen LogP) is 2.95. The summed E-state index contributed by atoms with van der Waals surface area (Å²) in [5.41, 5.74) is 1.72. The Kier molecular flexibility index (Phi) is 3.62. The van der Waals surface area contributed by atoms with Crippen LogP contribution in [0.15, 0.2) is 35.0 Å². The van der Waals surface area contributed by atoms with Crippen LogP contribution in [-0.2, 0) is 6.54 Å². The van der Waals surface area contributed by atoms with E-state index in [9.17, 15) is 0 Å². The summed E-state index contributed by atoms with van der Waals surface area (Å²) in [6, 6.07) is 7.18. The number of aromatic nitrogens is 4. The Hall–Kier alpha value is -2.34. The highest BCUT2D eigenvalue weighted by Crippen LogP contribution is 2.30. The second-order valence-corrected chi connectivity index (χ2v) is 4.92. The first-order chi connectivity index (χ1) is 10.2. The highest BCUT2D eigenvalue weighted by Gasteiger charge is 2.14. The van der Waals surface area contributed by atoms with Gasteiger partial charge in [0, 0.05) is 16.9 Å². The first-order valence-electron chi connectivity index (χ1n) is 6.32. The van der Waals surface area contributed by atoms with Crippen LogP contribution >= 0.6 is 11.6 Å². The Labute approximate surface area is 126 Å². The third-order valence-electron chi connectivity index (χ3n) is 3.08. The fourth-order valence-corrected chi connectivity index (χ4v) is 2.15. The molecular formula is C14H13ClN4O2. The van der Waals surface area contributed by atoms with Crippen molar-refractivity contribution in [2.24, 2.45) is 0 Å². The zero-order chi connectivity index (χ0) is 14.8. The van der Waals surface area contributed by atoms with Gasteiger partial charge in [0.2, 0.25) is 11.7 Å². The average molecular weight is 305 g/mol. The van der Waals surface area contributed by atoms with Gasteiger partial charge in [0.05, 0.1) is 12.7 Å². The van der Waals surface area contributed by atoms with Gasteiger partial charge in [-0.05, 0) is 31.2 Å². The number of ether oxygens (including phenoxy) is 1. The van der Waals surface area contributed by atoms with Crippen LogP contribution in [0.5, 0.6) is 5.75 Å². The Morgan fingerprint density at radius 3 is 2.90 bits per heavy atom. The highest BCUT2D eigenvalue weighted by molar-refractivity contribution is 6.30. The lowest BCUT2D eigenvalue weighted by Crippen LogP contribution is -2.03. The molecule has 0 N–H and O–H groups in total. The minimum absolute atomic E-state index is 0.425. The standard InChI is InChI=1S/C14H13ClN4O2/c1-9-5-6-16-19(9)8-13-17-14(18-21-13)11-7-10(15)3-4-12(11)20-2/h3-7H,8H2,1-2H3. The fraction of sp³-hybridized carbons (Fsp3) is 0.214. The molecule has 7 heteroatoms. The van der Waals surface area contributed by atoms with Crippen molar-refractivity contribution in [3.8, 4) is 17.1 Å². The van der Waals surface area contributed by atoms with E-state index in [1.807, 2.05) is 13.0 Å². The maximum absolute atomic E-state index is 6.01. The number of hydrogen-bond donors (Lipinski definition) is 0. The minimum Gasteiger partial charge on any atom is -0.496 e. The van der Waals surface area contributed by atoms with Crippen molar-refractivity contribution >= 4 is 11.6 Å². The molecule has 0 spiro atoms. The van der Waals surface area contributed by atoms with Gasteiger partial charge >= 0.3 is 0 Å². The first kappa shape index (κ1) is 13.6. The van der Waals surface area contributed by atoms with E-state index in [0.717, 1.165) is 5.69 Å². The summed E-state index contributed by atoms with van der Waals surface area (Å²) >= 11 is 6.01. The summed E-state index contributed by atoms with van der Waals surface area (Å²) in [6.07, 6.45) is 1.73. The smallest absolute Gasteiger partial charge is 0.248 e. The Balaban J connectivity index is 1.91. The summed E-state index contributed by atoms with van der Waals surface area (Å²) in [6.45, 7) is 2.39. The Morgan fingerprint density at radius 2 is 2.19 bits per heavy atom. The lowest BCUT2D eigenvalue weighted by Gasteiger charge is -2.04. The van der Waals surface area contributed by atoms with Crippen LogP contribution in [0.4, 0.5) is 0 Å². The van der Waals surface area contributed by atoms with Crippen LogP contribution in [-0.4, -0.2) is 27.0 Å². The Bertz CT molecular complexity index is 766. The second-order valence-electron chi connectivity index (χ2n) is 4.49. The molecule has 108 valence electrons.